The van der Waals surface area contributed by atoms with E-state index in [0.29, 0.717) is 17.5 Å². The topological polar surface area (TPSA) is 60.2 Å². The summed E-state index contributed by atoms with van der Waals surface area (Å²) in [5, 5.41) is 5.71. The van der Waals surface area contributed by atoms with Crippen molar-refractivity contribution in [1.82, 2.24) is 19.7 Å². The molecule has 2 aliphatic heterocycles. The lowest BCUT2D eigenvalue weighted by molar-refractivity contribution is 0.0392. The van der Waals surface area contributed by atoms with E-state index in [0.717, 1.165) is 47.1 Å². The molecule has 4 heterocycles. The molecule has 1 fully saturated rings. The van der Waals surface area contributed by atoms with Gasteiger partial charge < -0.3 is 9.64 Å². The summed E-state index contributed by atoms with van der Waals surface area (Å²) in [7, 11) is 3.12. The smallest absolute Gasteiger partial charge is 0.254 e. The van der Waals surface area contributed by atoms with E-state index in [1.54, 1.807) is 17.9 Å². The number of ether oxygens (including phenoxy) is 1. The van der Waals surface area contributed by atoms with Crippen molar-refractivity contribution in [1.29, 1.82) is 0 Å². The van der Waals surface area contributed by atoms with E-state index >= 15 is 0 Å². The van der Waals surface area contributed by atoms with Crippen LogP contribution in [0.3, 0.4) is 0 Å². The molecule has 0 unspecified atom stereocenters. The van der Waals surface area contributed by atoms with Gasteiger partial charge in [0.25, 0.3) is 5.91 Å². The number of carbonyl (C=O) groups excluding carboxylic acids is 1. The Balaban J connectivity index is 1.42. The quantitative estimate of drug-likeness (QED) is 0.409. The van der Waals surface area contributed by atoms with Crippen molar-refractivity contribution >= 4 is 16.8 Å². The Bertz CT molecular complexity index is 1480. The van der Waals surface area contributed by atoms with Crippen LogP contribution in [0.5, 0.6) is 5.75 Å². The molecule has 2 aliphatic rings. The van der Waals surface area contributed by atoms with Gasteiger partial charge in [0, 0.05) is 41.4 Å². The molecule has 35 heavy (non-hydrogen) atoms. The number of hydrogen-bond acceptors (Lipinski definition) is 4. The van der Waals surface area contributed by atoms with Crippen molar-refractivity contribution in [2.75, 3.05) is 7.11 Å². The summed E-state index contributed by atoms with van der Waals surface area (Å²) < 4.78 is 35.2. The molecule has 2 aromatic heterocycles. The second-order valence-electron chi connectivity index (χ2n) is 9.24. The predicted molar refractivity (Wildman–Crippen MR) is 127 cm³/mol. The number of aromatic nitrogens is 3. The molecule has 2 atom stereocenters. The fraction of sp³-hybridized carbons (Fsp3) is 0.296. The van der Waals surface area contributed by atoms with Crippen LogP contribution in [-0.4, -0.2) is 38.7 Å². The first-order valence-electron chi connectivity index (χ1n) is 11.7. The zero-order valence-electron chi connectivity index (χ0n) is 19.5. The molecular weight excluding hydrogens is 450 g/mol. The second-order valence-corrected chi connectivity index (χ2v) is 9.24. The average Bonchev–Trinajstić information content (AvgIpc) is 3.20. The van der Waals surface area contributed by atoms with Gasteiger partial charge in [-0.25, -0.2) is 4.39 Å². The van der Waals surface area contributed by atoms with E-state index in [4.69, 9.17) is 9.84 Å². The highest BCUT2D eigenvalue weighted by Crippen LogP contribution is 2.45. The Labute approximate surface area is 201 Å². The van der Waals surface area contributed by atoms with Gasteiger partial charge in [0.05, 0.1) is 30.1 Å². The lowest BCUT2D eigenvalue weighted by Crippen LogP contribution is -2.49. The summed E-state index contributed by atoms with van der Waals surface area (Å²) in [5.41, 5.74) is 4.55. The van der Waals surface area contributed by atoms with E-state index in [1.807, 2.05) is 35.2 Å². The number of carbonyl (C=O) groups is 1. The van der Waals surface area contributed by atoms with Crippen LogP contribution in [-0.2, 0) is 13.5 Å². The minimum atomic E-state index is -1.01. The molecular formula is C27H24F2N4O2. The third-order valence-electron chi connectivity index (χ3n) is 7.25. The summed E-state index contributed by atoms with van der Waals surface area (Å²) >= 11 is 0. The standard InChI is InChI=1S/C27H24F2N4O2/c1-32-26(17-12-20(28)24(29)23(13-17)35-2)19-14-18-6-3-7-22(25(19)31-32)33(18)27(34)16-8-9-21-15(11-16)5-4-10-30-21/h4-5,8-13,18,22H,3,6-7,14H2,1-2H3/t18-,22-/m1/s1. The van der Waals surface area contributed by atoms with Crippen molar-refractivity contribution in [3.63, 3.8) is 0 Å². The highest BCUT2D eigenvalue weighted by Gasteiger charge is 2.43. The van der Waals surface area contributed by atoms with Crippen molar-refractivity contribution in [2.45, 2.75) is 37.8 Å². The zero-order valence-corrected chi connectivity index (χ0v) is 19.5. The number of rotatable bonds is 3. The maximum absolute atomic E-state index is 14.3. The number of piperidine rings is 1. The molecule has 178 valence electrons. The molecule has 0 saturated carbocycles. The molecule has 1 amide bonds. The highest BCUT2D eigenvalue weighted by molar-refractivity contribution is 5.98. The number of methoxy groups -OCH3 is 1. The van der Waals surface area contributed by atoms with Gasteiger partial charge in [0.2, 0.25) is 5.82 Å². The molecule has 0 aliphatic carbocycles. The van der Waals surface area contributed by atoms with Crippen LogP contribution in [0.15, 0.2) is 48.7 Å². The molecule has 2 bridgehead atoms. The molecule has 8 heteroatoms. The van der Waals surface area contributed by atoms with E-state index in [2.05, 4.69) is 4.98 Å². The van der Waals surface area contributed by atoms with Crippen molar-refractivity contribution in [2.24, 2.45) is 7.05 Å². The molecule has 2 aromatic carbocycles. The predicted octanol–water partition coefficient (Wildman–Crippen LogP) is 5.21. The minimum Gasteiger partial charge on any atom is -0.494 e. The first-order valence-corrected chi connectivity index (χ1v) is 11.7. The van der Waals surface area contributed by atoms with Crippen LogP contribution in [0.2, 0.25) is 0 Å². The number of hydrogen-bond donors (Lipinski definition) is 0. The zero-order chi connectivity index (χ0) is 24.3. The van der Waals surface area contributed by atoms with Crippen molar-refractivity contribution in [3.8, 4) is 17.0 Å². The lowest BCUT2D eigenvalue weighted by atomic mass is 9.81. The number of nitrogens with zero attached hydrogens (tertiary/aromatic N) is 4. The Morgan fingerprint density at radius 1 is 1.14 bits per heavy atom. The lowest BCUT2D eigenvalue weighted by Gasteiger charge is -2.45. The summed E-state index contributed by atoms with van der Waals surface area (Å²) in [6.07, 6.45) is 5.04. The van der Waals surface area contributed by atoms with Gasteiger partial charge >= 0.3 is 0 Å². The van der Waals surface area contributed by atoms with Crippen molar-refractivity contribution in [3.05, 3.63) is 77.1 Å². The summed E-state index contributed by atoms with van der Waals surface area (Å²) in [4.78, 5) is 20.1. The van der Waals surface area contributed by atoms with Crippen molar-refractivity contribution < 1.29 is 18.3 Å². The molecule has 6 nitrogen and oxygen atoms in total. The number of aryl methyl sites for hydroxylation is 1. The van der Waals surface area contributed by atoms with E-state index in [-0.39, 0.29) is 23.7 Å². The van der Waals surface area contributed by atoms with Crippen LogP contribution < -0.4 is 4.74 Å². The molecule has 0 N–H and O–H groups in total. The maximum atomic E-state index is 14.3. The molecule has 1 saturated heterocycles. The molecule has 4 aromatic rings. The van der Waals surface area contributed by atoms with Crippen LogP contribution in [0.4, 0.5) is 8.78 Å². The molecule has 0 radical (unpaired) electrons. The van der Waals surface area contributed by atoms with E-state index in [1.165, 1.54) is 19.2 Å². The Hall–Kier alpha value is -3.81. The van der Waals surface area contributed by atoms with Gasteiger partial charge in [-0.2, -0.15) is 9.49 Å². The Morgan fingerprint density at radius 3 is 2.83 bits per heavy atom. The Morgan fingerprint density at radius 2 is 2.00 bits per heavy atom. The first-order chi connectivity index (χ1) is 17.0. The highest BCUT2D eigenvalue weighted by atomic mass is 19.2. The van der Waals surface area contributed by atoms with Gasteiger partial charge in [0.1, 0.15) is 0 Å². The Kier molecular flexibility index (Phi) is 5.05. The van der Waals surface area contributed by atoms with Gasteiger partial charge in [-0.3, -0.25) is 14.5 Å². The average molecular weight is 475 g/mol. The number of pyridine rings is 1. The second kappa shape index (κ2) is 8.15. The van der Waals surface area contributed by atoms with Crippen LogP contribution in [0.1, 0.15) is 46.9 Å². The molecule has 0 spiro atoms. The van der Waals surface area contributed by atoms with Gasteiger partial charge in [-0.15, -0.1) is 0 Å². The maximum Gasteiger partial charge on any atom is 0.254 e. The third kappa shape index (κ3) is 3.38. The SMILES string of the molecule is COc1cc(-c2c3c(nn2C)[C@H]2CCC[C@H](C3)N2C(=O)c2ccc3ncccc3c2)cc(F)c1F. The van der Waals surface area contributed by atoms with Gasteiger partial charge in [-0.05, 0) is 62.1 Å². The van der Waals surface area contributed by atoms with Gasteiger partial charge in [0.15, 0.2) is 11.6 Å². The fourth-order valence-electron chi connectivity index (χ4n) is 5.72. The normalized spacial score (nSPS) is 19.0. The molecule has 6 rings (SSSR count). The summed E-state index contributed by atoms with van der Waals surface area (Å²) in [6, 6.07) is 12.0. The van der Waals surface area contributed by atoms with E-state index in [9.17, 15) is 13.6 Å². The minimum absolute atomic E-state index is 0.00786. The monoisotopic (exact) mass is 474 g/mol. The van der Waals surface area contributed by atoms with E-state index < -0.39 is 11.6 Å². The summed E-state index contributed by atoms with van der Waals surface area (Å²) in [6.45, 7) is 0. The van der Waals surface area contributed by atoms with Crippen LogP contribution >= 0.6 is 0 Å². The first kappa shape index (κ1) is 21.7. The summed E-state index contributed by atoms with van der Waals surface area (Å²) in [5.74, 6) is -2.13. The number of fused-ring (bicyclic) bond motifs is 5. The number of benzene rings is 2. The van der Waals surface area contributed by atoms with Gasteiger partial charge in [-0.1, -0.05) is 6.07 Å². The van der Waals surface area contributed by atoms with Crippen LogP contribution in [0, 0.1) is 11.6 Å². The van der Waals surface area contributed by atoms with Crippen LogP contribution in [0.25, 0.3) is 22.2 Å². The number of halogens is 2. The number of amides is 1. The third-order valence-corrected chi connectivity index (χ3v) is 7.25. The largest absolute Gasteiger partial charge is 0.494 e. The fourth-order valence-corrected chi connectivity index (χ4v) is 5.72.